The summed E-state index contributed by atoms with van der Waals surface area (Å²) in [5, 5.41) is 3.29. The first kappa shape index (κ1) is 23.0. The quantitative estimate of drug-likeness (QED) is 0.394. The second-order valence-electron chi connectivity index (χ2n) is 8.11. The molecule has 0 spiro atoms. The predicted molar refractivity (Wildman–Crippen MR) is 126 cm³/mol. The number of aliphatic imine (C=N–C) groups is 1. The van der Waals surface area contributed by atoms with Crippen LogP contribution in [-0.4, -0.2) is 61.4 Å². The van der Waals surface area contributed by atoms with Gasteiger partial charge in [0.1, 0.15) is 0 Å². The van der Waals surface area contributed by atoms with E-state index in [9.17, 15) is 4.79 Å². The Balaban J connectivity index is 0.00000280. The van der Waals surface area contributed by atoms with Gasteiger partial charge in [-0.2, -0.15) is 0 Å². The number of hydrogen-bond donors (Lipinski definition) is 1. The number of nitrogens with one attached hydrogen (secondary N) is 1. The summed E-state index contributed by atoms with van der Waals surface area (Å²) in [6, 6.07) is 10.7. The molecule has 0 aromatic heterocycles. The lowest BCUT2D eigenvalue weighted by Crippen LogP contribution is -2.50. The predicted octanol–water partition coefficient (Wildman–Crippen LogP) is 3.39. The SMILES string of the molecule is CN=C(NCC(=O)N1CCC(Cc2ccccc2)CC1)N1CCCC(C)C1.I. The van der Waals surface area contributed by atoms with Gasteiger partial charge < -0.3 is 15.1 Å². The van der Waals surface area contributed by atoms with Crippen molar-refractivity contribution in [2.45, 2.75) is 39.0 Å². The second-order valence-corrected chi connectivity index (χ2v) is 8.11. The molecule has 156 valence electrons. The average Bonchev–Trinajstić information content (AvgIpc) is 2.70. The molecule has 1 aromatic rings. The molecule has 2 saturated heterocycles. The third-order valence-electron chi connectivity index (χ3n) is 5.90. The van der Waals surface area contributed by atoms with Crippen LogP contribution in [0.25, 0.3) is 0 Å². The fraction of sp³-hybridized carbons (Fsp3) is 0.636. The van der Waals surface area contributed by atoms with Crippen LogP contribution in [0.5, 0.6) is 0 Å². The topological polar surface area (TPSA) is 47.9 Å². The van der Waals surface area contributed by atoms with Crippen molar-refractivity contribution in [3.63, 3.8) is 0 Å². The van der Waals surface area contributed by atoms with Gasteiger partial charge in [-0.25, -0.2) is 0 Å². The fourth-order valence-corrected chi connectivity index (χ4v) is 4.31. The summed E-state index contributed by atoms with van der Waals surface area (Å²) in [6.07, 6.45) is 5.80. The fourth-order valence-electron chi connectivity index (χ4n) is 4.31. The van der Waals surface area contributed by atoms with Crippen molar-refractivity contribution in [1.82, 2.24) is 15.1 Å². The van der Waals surface area contributed by atoms with Crippen molar-refractivity contribution >= 4 is 35.8 Å². The van der Waals surface area contributed by atoms with Gasteiger partial charge in [-0.05, 0) is 49.5 Å². The molecular weight excluding hydrogens is 463 g/mol. The number of carbonyl (C=O) groups excluding carboxylic acids is 1. The van der Waals surface area contributed by atoms with Gasteiger partial charge in [-0.3, -0.25) is 9.79 Å². The number of carbonyl (C=O) groups is 1. The Morgan fingerprint density at radius 3 is 2.46 bits per heavy atom. The largest absolute Gasteiger partial charge is 0.347 e. The number of guanidine groups is 1. The van der Waals surface area contributed by atoms with E-state index < -0.39 is 0 Å². The molecule has 0 saturated carbocycles. The van der Waals surface area contributed by atoms with Gasteiger partial charge in [0.15, 0.2) is 5.96 Å². The van der Waals surface area contributed by atoms with Crippen LogP contribution in [0.1, 0.15) is 38.2 Å². The molecule has 6 heteroatoms. The van der Waals surface area contributed by atoms with Crippen LogP contribution in [0.15, 0.2) is 35.3 Å². The van der Waals surface area contributed by atoms with E-state index in [0.717, 1.165) is 51.4 Å². The lowest BCUT2D eigenvalue weighted by molar-refractivity contribution is -0.131. The molecule has 0 radical (unpaired) electrons. The second kappa shape index (κ2) is 11.6. The third kappa shape index (κ3) is 6.64. The minimum absolute atomic E-state index is 0. The molecule has 1 atom stereocenters. The van der Waals surface area contributed by atoms with Crippen molar-refractivity contribution in [2.75, 3.05) is 39.8 Å². The maximum atomic E-state index is 12.6. The van der Waals surface area contributed by atoms with Gasteiger partial charge in [0.05, 0.1) is 6.54 Å². The van der Waals surface area contributed by atoms with Crippen molar-refractivity contribution in [1.29, 1.82) is 0 Å². The highest BCUT2D eigenvalue weighted by atomic mass is 127. The summed E-state index contributed by atoms with van der Waals surface area (Å²) in [7, 11) is 1.81. The Hall–Kier alpha value is -1.31. The molecule has 28 heavy (non-hydrogen) atoms. The number of piperidine rings is 2. The minimum Gasteiger partial charge on any atom is -0.347 e. The summed E-state index contributed by atoms with van der Waals surface area (Å²) >= 11 is 0. The summed E-state index contributed by atoms with van der Waals surface area (Å²) < 4.78 is 0. The maximum Gasteiger partial charge on any atom is 0.241 e. The molecule has 0 bridgehead atoms. The molecule has 1 amide bonds. The van der Waals surface area contributed by atoms with E-state index in [1.165, 1.54) is 18.4 Å². The van der Waals surface area contributed by atoms with Crippen LogP contribution in [0.2, 0.25) is 0 Å². The summed E-state index contributed by atoms with van der Waals surface area (Å²) in [4.78, 5) is 21.3. The summed E-state index contributed by atoms with van der Waals surface area (Å²) in [5.74, 6) is 2.44. The molecule has 2 heterocycles. The zero-order valence-corrected chi connectivity index (χ0v) is 19.6. The maximum absolute atomic E-state index is 12.6. The Labute approximate surface area is 187 Å². The average molecular weight is 498 g/mol. The highest BCUT2D eigenvalue weighted by Crippen LogP contribution is 2.21. The smallest absolute Gasteiger partial charge is 0.241 e. The Kier molecular flexibility index (Phi) is 9.55. The number of halogens is 1. The number of likely N-dealkylation sites (tertiary alicyclic amines) is 2. The van der Waals surface area contributed by atoms with E-state index in [2.05, 4.69) is 52.5 Å². The van der Waals surface area contributed by atoms with Gasteiger partial charge in [-0.15, -0.1) is 24.0 Å². The molecule has 2 aliphatic heterocycles. The first-order chi connectivity index (χ1) is 13.2. The molecule has 1 aromatic carbocycles. The normalized spacial score (nSPS) is 21.2. The molecular formula is C22H35IN4O. The van der Waals surface area contributed by atoms with E-state index in [1.807, 2.05) is 4.90 Å². The molecule has 5 nitrogen and oxygen atoms in total. The van der Waals surface area contributed by atoms with Crippen LogP contribution in [0.3, 0.4) is 0 Å². The van der Waals surface area contributed by atoms with Crippen LogP contribution in [-0.2, 0) is 11.2 Å². The highest BCUT2D eigenvalue weighted by Gasteiger charge is 2.24. The first-order valence-electron chi connectivity index (χ1n) is 10.4. The van der Waals surface area contributed by atoms with Gasteiger partial charge in [-0.1, -0.05) is 37.3 Å². The third-order valence-corrected chi connectivity index (χ3v) is 5.90. The van der Waals surface area contributed by atoms with Gasteiger partial charge in [0, 0.05) is 33.2 Å². The number of amides is 1. The Morgan fingerprint density at radius 2 is 1.82 bits per heavy atom. The molecule has 2 fully saturated rings. The van der Waals surface area contributed by atoms with Crippen LogP contribution in [0, 0.1) is 11.8 Å². The van der Waals surface area contributed by atoms with E-state index in [4.69, 9.17) is 0 Å². The van der Waals surface area contributed by atoms with Crippen LogP contribution >= 0.6 is 24.0 Å². The minimum atomic E-state index is 0. The Bertz CT molecular complexity index is 629. The lowest BCUT2D eigenvalue weighted by atomic mass is 9.90. The highest BCUT2D eigenvalue weighted by molar-refractivity contribution is 14.0. The monoisotopic (exact) mass is 498 g/mol. The van der Waals surface area contributed by atoms with Crippen LogP contribution in [0.4, 0.5) is 0 Å². The van der Waals surface area contributed by atoms with E-state index >= 15 is 0 Å². The van der Waals surface area contributed by atoms with E-state index in [1.54, 1.807) is 7.05 Å². The number of rotatable bonds is 4. The summed E-state index contributed by atoms with van der Waals surface area (Å²) in [6.45, 7) is 6.43. The molecule has 3 rings (SSSR count). The Morgan fingerprint density at radius 1 is 1.11 bits per heavy atom. The van der Waals surface area contributed by atoms with Crippen LogP contribution < -0.4 is 5.32 Å². The van der Waals surface area contributed by atoms with E-state index in [0.29, 0.717) is 18.4 Å². The molecule has 0 aliphatic carbocycles. The molecule has 2 aliphatic rings. The van der Waals surface area contributed by atoms with Gasteiger partial charge in [0.2, 0.25) is 5.91 Å². The summed E-state index contributed by atoms with van der Waals surface area (Å²) in [5.41, 5.74) is 1.41. The zero-order valence-electron chi connectivity index (χ0n) is 17.3. The van der Waals surface area contributed by atoms with Crippen molar-refractivity contribution in [3.8, 4) is 0 Å². The van der Waals surface area contributed by atoms with Gasteiger partial charge in [0.25, 0.3) is 0 Å². The number of hydrogen-bond acceptors (Lipinski definition) is 2. The zero-order chi connectivity index (χ0) is 19.1. The van der Waals surface area contributed by atoms with E-state index in [-0.39, 0.29) is 29.9 Å². The van der Waals surface area contributed by atoms with Crippen molar-refractivity contribution in [3.05, 3.63) is 35.9 Å². The number of nitrogens with zero attached hydrogens (tertiary/aromatic N) is 3. The lowest BCUT2D eigenvalue weighted by Gasteiger charge is -2.35. The van der Waals surface area contributed by atoms with Crippen molar-refractivity contribution in [2.24, 2.45) is 16.8 Å². The molecule has 1 N–H and O–H groups in total. The number of benzene rings is 1. The first-order valence-corrected chi connectivity index (χ1v) is 10.4. The van der Waals surface area contributed by atoms with Crippen molar-refractivity contribution < 1.29 is 4.79 Å². The standard InChI is InChI=1S/C22H34N4O.HI/c1-18-7-6-12-26(17-18)22(23-2)24-16-21(27)25-13-10-20(11-14-25)15-19-8-4-3-5-9-19;/h3-5,8-9,18,20H,6-7,10-17H2,1-2H3,(H,23,24);1H. The van der Waals surface area contributed by atoms with Gasteiger partial charge >= 0.3 is 0 Å². The molecule has 1 unspecified atom stereocenters.